The lowest BCUT2D eigenvalue weighted by molar-refractivity contribution is 0.0782. The van der Waals surface area contributed by atoms with Crippen LogP contribution in [0.2, 0.25) is 25.7 Å². The maximum Gasteiger partial charge on any atom is 0.291 e. The van der Waals surface area contributed by atoms with Crippen molar-refractivity contribution in [3.63, 3.8) is 0 Å². The smallest absolute Gasteiger partial charge is 0.291 e. The van der Waals surface area contributed by atoms with Crippen molar-refractivity contribution in [2.75, 3.05) is 13.3 Å². The minimum absolute atomic E-state index is 0.151. The summed E-state index contributed by atoms with van der Waals surface area (Å²) in [4.78, 5) is 22.2. The summed E-state index contributed by atoms with van der Waals surface area (Å²) in [5, 5.41) is 12.7. The lowest BCUT2D eigenvalue weighted by Gasteiger charge is -2.15. The number of nitrogens with zero attached hydrogens (tertiary/aromatic N) is 8. The highest BCUT2D eigenvalue weighted by Crippen LogP contribution is 2.31. The Morgan fingerprint density at radius 3 is 2.88 bits per heavy atom. The summed E-state index contributed by atoms with van der Waals surface area (Å²) in [5.74, 6) is 0. The number of hydrogen-bond acceptors (Lipinski definition) is 9. The van der Waals surface area contributed by atoms with Gasteiger partial charge >= 0.3 is 0 Å². The van der Waals surface area contributed by atoms with Crippen LogP contribution in [0, 0.1) is 0 Å². The Balaban J connectivity index is 1.32. The maximum absolute atomic E-state index is 13.3. The first kappa shape index (κ1) is 22.9. The summed E-state index contributed by atoms with van der Waals surface area (Å²) in [5.41, 5.74) is 5.09. The van der Waals surface area contributed by atoms with E-state index in [1.807, 2.05) is 28.9 Å². The molecule has 1 aliphatic rings. The van der Waals surface area contributed by atoms with Crippen LogP contribution in [0.4, 0.5) is 0 Å². The molecular formula is C21H29N9O2SSi. The van der Waals surface area contributed by atoms with E-state index < -0.39 is 8.07 Å². The zero-order valence-electron chi connectivity index (χ0n) is 19.9. The van der Waals surface area contributed by atoms with Crippen LogP contribution >= 0.6 is 11.3 Å². The summed E-state index contributed by atoms with van der Waals surface area (Å²) >= 11 is 1.58. The molecule has 13 heteroatoms. The monoisotopic (exact) mass is 499 g/mol. The van der Waals surface area contributed by atoms with Crippen LogP contribution in [0.5, 0.6) is 0 Å². The summed E-state index contributed by atoms with van der Waals surface area (Å²) in [7, 11) is 0.768. The Kier molecular flexibility index (Phi) is 6.10. The van der Waals surface area contributed by atoms with E-state index >= 15 is 0 Å². The van der Waals surface area contributed by atoms with E-state index in [9.17, 15) is 4.79 Å². The number of aromatic nitrogens is 6. The molecule has 11 nitrogen and oxygen atoms in total. The molecule has 1 N–H and O–H groups in total. The molecule has 5 heterocycles. The Bertz CT molecular complexity index is 1400. The Morgan fingerprint density at radius 1 is 1.26 bits per heavy atom. The number of nitrogens with one attached hydrogen (secondary N) is 1. The first-order chi connectivity index (χ1) is 16.3. The molecule has 0 saturated carbocycles. The van der Waals surface area contributed by atoms with Gasteiger partial charge in [-0.1, -0.05) is 19.6 Å². The van der Waals surface area contributed by atoms with E-state index in [-0.39, 0.29) is 5.56 Å². The fourth-order valence-corrected chi connectivity index (χ4v) is 5.70. The van der Waals surface area contributed by atoms with Crippen LogP contribution in [0.15, 0.2) is 28.2 Å². The van der Waals surface area contributed by atoms with Crippen molar-refractivity contribution < 1.29 is 4.74 Å². The summed E-state index contributed by atoms with van der Waals surface area (Å²) in [6.07, 6.45) is 5.31. The number of thiazole rings is 1. The van der Waals surface area contributed by atoms with Crippen LogP contribution in [-0.2, 0) is 31.6 Å². The van der Waals surface area contributed by atoms with Gasteiger partial charge < -0.3 is 14.7 Å². The first-order valence-corrected chi connectivity index (χ1v) is 15.7. The average molecular weight is 500 g/mol. The van der Waals surface area contributed by atoms with E-state index in [4.69, 9.17) is 9.72 Å². The van der Waals surface area contributed by atoms with Gasteiger partial charge in [-0.25, -0.2) is 14.3 Å². The summed E-state index contributed by atoms with van der Waals surface area (Å²) in [6.45, 7) is 9.69. The largest absolute Gasteiger partial charge is 0.360 e. The van der Waals surface area contributed by atoms with Crippen molar-refractivity contribution in [3.05, 3.63) is 39.5 Å². The molecule has 0 atom stereocenters. The topological polar surface area (TPSA) is 107 Å². The van der Waals surface area contributed by atoms with Gasteiger partial charge in [0.25, 0.3) is 5.56 Å². The van der Waals surface area contributed by atoms with Gasteiger partial charge in [-0.15, -0.1) is 11.3 Å². The lowest BCUT2D eigenvalue weighted by atomic mass is 10.3. The number of ether oxygens (including phenoxy) is 1. The van der Waals surface area contributed by atoms with Crippen LogP contribution in [0.25, 0.3) is 21.3 Å². The third-order valence-corrected chi connectivity index (χ3v) is 8.47. The Labute approximate surface area is 201 Å². The molecule has 4 aromatic rings. The molecule has 34 heavy (non-hydrogen) atoms. The predicted octanol–water partition coefficient (Wildman–Crippen LogP) is 2.21. The van der Waals surface area contributed by atoms with Crippen molar-refractivity contribution in [1.29, 1.82) is 0 Å². The lowest BCUT2D eigenvalue weighted by Crippen LogP contribution is -2.30. The van der Waals surface area contributed by atoms with Crippen molar-refractivity contribution in [2.45, 2.75) is 45.5 Å². The minimum Gasteiger partial charge on any atom is -0.360 e. The predicted molar refractivity (Wildman–Crippen MR) is 136 cm³/mol. The third kappa shape index (κ3) is 4.69. The first-order valence-electron chi connectivity index (χ1n) is 11.2. The third-order valence-electron chi connectivity index (χ3n) is 5.71. The van der Waals surface area contributed by atoms with Crippen LogP contribution in [0.1, 0.15) is 10.7 Å². The second kappa shape index (κ2) is 9.06. The fraction of sp³-hybridized carbons (Fsp3) is 0.476. The number of aliphatic imine (C=N–C) groups is 1. The fourth-order valence-electron chi connectivity index (χ4n) is 3.82. The highest BCUT2D eigenvalue weighted by atomic mass is 32.1. The molecule has 0 aliphatic carbocycles. The standard InChI is InChI=1S/C21H29N9O2SSi/c1-27-18-16(19-20(27)25-17(33-19)11-29-13-22-12-24-29)9-23-30(21(18)31)10-15-5-6-28(26-15)14-32-7-8-34(2,3)4/h5-6,9,12H,7-8,10-11,13-14H2,1-4H3,(H,22,24). The molecule has 0 unspecified atom stereocenters. The highest BCUT2D eigenvalue weighted by Gasteiger charge is 2.20. The van der Waals surface area contributed by atoms with Gasteiger partial charge in [0.15, 0.2) is 5.65 Å². The van der Waals surface area contributed by atoms with Gasteiger partial charge in [-0.05, 0) is 12.1 Å². The SMILES string of the molecule is Cn1c2nc(CN3CN=CN3)sc2c2cnn(Cc3ccn(COCC[Si](C)(C)C)n3)c(=O)c21. The van der Waals surface area contributed by atoms with E-state index in [1.165, 1.54) is 4.68 Å². The van der Waals surface area contributed by atoms with Gasteiger partial charge in [0.1, 0.15) is 23.9 Å². The number of fused-ring (bicyclic) bond motifs is 3. The van der Waals surface area contributed by atoms with Gasteiger partial charge in [0.05, 0.1) is 36.0 Å². The molecular weight excluding hydrogens is 470 g/mol. The quantitative estimate of drug-likeness (QED) is 0.278. The van der Waals surface area contributed by atoms with Crippen LogP contribution in [-0.4, -0.2) is 61.8 Å². The van der Waals surface area contributed by atoms with Crippen molar-refractivity contribution in [2.24, 2.45) is 12.0 Å². The average Bonchev–Trinajstić information content (AvgIpc) is 3.55. The second-order valence-electron chi connectivity index (χ2n) is 9.66. The van der Waals surface area contributed by atoms with Gasteiger partial charge in [0, 0.05) is 33.3 Å². The molecule has 4 aromatic heterocycles. The van der Waals surface area contributed by atoms with Gasteiger partial charge in [-0.3, -0.25) is 9.79 Å². The van der Waals surface area contributed by atoms with E-state index in [1.54, 1.807) is 28.6 Å². The molecule has 0 saturated heterocycles. The zero-order chi connectivity index (χ0) is 23.9. The molecule has 5 rings (SSSR count). The summed E-state index contributed by atoms with van der Waals surface area (Å²) < 4.78 is 11.8. The summed E-state index contributed by atoms with van der Waals surface area (Å²) in [6, 6.07) is 3.02. The van der Waals surface area contributed by atoms with Crippen molar-refractivity contribution in [3.8, 4) is 0 Å². The van der Waals surface area contributed by atoms with Crippen molar-refractivity contribution in [1.82, 2.24) is 39.5 Å². The molecule has 0 fully saturated rings. The Hall–Kier alpha value is -2.87. The molecule has 1 aliphatic heterocycles. The molecule has 0 amide bonds. The minimum atomic E-state index is -1.11. The number of hydrogen-bond donors (Lipinski definition) is 1. The van der Waals surface area contributed by atoms with Gasteiger partial charge in [0.2, 0.25) is 0 Å². The molecule has 0 radical (unpaired) electrons. The normalized spacial score (nSPS) is 14.6. The maximum atomic E-state index is 13.3. The highest BCUT2D eigenvalue weighted by molar-refractivity contribution is 7.19. The van der Waals surface area contributed by atoms with E-state index in [2.05, 4.69) is 40.3 Å². The zero-order valence-corrected chi connectivity index (χ0v) is 21.7. The number of hydrazine groups is 1. The molecule has 0 bridgehead atoms. The molecule has 0 aromatic carbocycles. The van der Waals surface area contributed by atoms with Gasteiger partial charge in [-0.2, -0.15) is 15.2 Å². The van der Waals surface area contributed by atoms with E-state index in [0.29, 0.717) is 32.0 Å². The second-order valence-corrected chi connectivity index (χ2v) is 16.4. The number of rotatable bonds is 9. The molecule has 0 spiro atoms. The van der Waals surface area contributed by atoms with Crippen molar-refractivity contribution >= 4 is 47.0 Å². The van der Waals surface area contributed by atoms with Crippen LogP contribution in [0.3, 0.4) is 0 Å². The molecule has 180 valence electrons. The van der Waals surface area contributed by atoms with E-state index in [0.717, 1.165) is 39.1 Å². The van der Waals surface area contributed by atoms with Crippen LogP contribution < -0.4 is 11.0 Å². The number of aryl methyl sites for hydroxylation is 1. The Morgan fingerprint density at radius 2 is 2.12 bits per heavy atom.